The van der Waals surface area contributed by atoms with E-state index in [9.17, 15) is 0 Å². The third-order valence-electron chi connectivity index (χ3n) is 0.779. The van der Waals surface area contributed by atoms with Gasteiger partial charge in [0.1, 0.15) is 6.07 Å². The quantitative estimate of drug-likeness (QED) is 0.525. The van der Waals surface area contributed by atoms with Crippen LogP contribution in [0.25, 0.3) is 0 Å². The van der Waals surface area contributed by atoms with E-state index in [1.54, 1.807) is 13.1 Å². The number of aromatic nitrogens is 3. The third-order valence-corrected chi connectivity index (χ3v) is 1.03. The Bertz CT molecular complexity index is 258. The van der Waals surface area contributed by atoms with Crippen molar-refractivity contribution in [3.05, 3.63) is 10.8 Å². The summed E-state index contributed by atoms with van der Waals surface area (Å²) in [4.78, 5) is 1.25. The van der Waals surface area contributed by atoms with Crippen LogP contribution in [0.5, 0.6) is 0 Å². The third kappa shape index (κ3) is 1.00. The lowest BCUT2D eigenvalue weighted by molar-refractivity contribution is 0.652. The molecule has 0 fully saturated rings. The van der Waals surface area contributed by atoms with Gasteiger partial charge in [-0.25, -0.2) is 0 Å². The van der Waals surface area contributed by atoms with Crippen molar-refractivity contribution in [2.75, 3.05) is 0 Å². The number of nitrogens with zero attached hydrogens (tertiary/aromatic N) is 4. The highest BCUT2D eigenvalue weighted by Crippen LogP contribution is 2.05. The zero-order valence-electron chi connectivity index (χ0n) is 4.67. The van der Waals surface area contributed by atoms with Gasteiger partial charge in [0.25, 0.3) is 0 Å². The van der Waals surface area contributed by atoms with Gasteiger partial charge in [-0.15, -0.1) is 10.2 Å². The normalized spacial score (nSPS) is 9.00. The zero-order chi connectivity index (χ0) is 6.85. The van der Waals surface area contributed by atoms with Gasteiger partial charge >= 0.3 is 0 Å². The Morgan fingerprint density at radius 2 is 2.33 bits per heavy atom. The number of hydrogen-bond donors (Lipinski definition) is 0. The molecular weight excluding hydrogens is 140 g/mol. The highest BCUT2D eigenvalue weighted by molar-refractivity contribution is 6.30. The lowest BCUT2D eigenvalue weighted by Crippen LogP contribution is -1.91. The molecule has 0 N–H and O–H groups in total. The molecule has 1 heterocycles. The van der Waals surface area contributed by atoms with E-state index in [-0.39, 0.29) is 10.8 Å². The Morgan fingerprint density at radius 1 is 1.67 bits per heavy atom. The molecule has 0 aromatic carbocycles. The second-order valence-electron chi connectivity index (χ2n) is 1.44. The zero-order valence-corrected chi connectivity index (χ0v) is 5.42. The highest BCUT2D eigenvalue weighted by Gasteiger charge is 2.03. The van der Waals surface area contributed by atoms with Crippen LogP contribution in [-0.4, -0.2) is 15.0 Å². The summed E-state index contributed by atoms with van der Waals surface area (Å²) in [5.74, 6) is 0. The number of rotatable bonds is 0. The maximum atomic E-state index is 8.28. The van der Waals surface area contributed by atoms with Crippen LogP contribution in [0.1, 0.15) is 5.69 Å². The fraction of sp³-hybridized carbons (Fsp3) is 0.250. The predicted octanol–water partition coefficient (Wildman–Crippen LogP) is 0.340. The van der Waals surface area contributed by atoms with Crippen LogP contribution in [0.4, 0.5) is 0 Å². The summed E-state index contributed by atoms with van der Waals surface area (Å²) in [6.07, 6.45) is 0. The van der Waals surface area contributed by atoms with Crippen LogP contribution in [0.3, 0.4) is 0 Å². The minimum absolute atomic E-state index is 0.153. The van der Waals surface area contributed by atoms with Crippen molar-refractivity contribution in [2.24, 2.45) is 7.05 Å². The summed E-state index contributed by atoms with van der Waals surface area (Å²) >= 11 is 5.43. The number of aryl methyl sites for hydroxylation is 1. The van der Waals surface area contributed by atoms with E-state index in [2.05, 4.69) is 10.2 Å². The van der Waals surface area contributed by atoms with Gasteiger partial charge in [0.05, 0.1) is 0 Å². The van der Waals surface area contributed by atoms with Gasteiger partial charge in [-0.2, -0.15) is 10.1 Å². The lowest BCUT2D eigenvalue weighted by atomic mass is 10.5. The first kappa shape index (κ1) is 6.05. The van der Waals surface area contributed by atoms with Crippen molar-refractivity contribution in [2.45, 2.75) is 0 Å². The van der Waals surface area contributed by atoms with Crippen molar-refractivity contribution in [3.8, 4) is 6.07 Å². The van der Waals surface area contributed by atoms with E-state index >= 15 is 0 Å². The van der Waals surface area contributed by atoms with Gasteiger partial charge in [0.2, 0.25) is 5.69 Å². The van der Waals surface area contributed by atoms with Crippen molar-refractivity contribution >= 4 is 11.6 Å². The van der Waals surface area contributed by atoms with Crippen molar-refractivity contribution < 1.29 is 0 Å². The summed E-state index contributed by atoms with van der Waals surface area (Å²) in [5.41, 5.74) is 0.166. The van der Waals surface area contributed by atoms with Crippen molar-refractivity contribution in [1.82, 2.24) is 15.0 Å². The molecule has 0 aliphatic rings. The minimum atomic E-state index is 0.153. The van der Waals surface area contributed by atoms with Crippen LogP contribution in [0.15, 0.2) is 0 Å². The lowest BCUT2D eigenvalue weighted by Gasteiger charge is -1.76. The smallest absolute Gasteiger partial charge is 0.191 e. The molecular formula is C4H3ClN4. The number of hydrogen-bond acceptors (Lipinski definition) is 3. The standard InChI is InChI=1S/C4H3ClN4/c1-9-7-3(2-6)4(5)8-9/h1H3. The Kier molecular flexibility index (Phi) is 1.37. The average Bonchev–Trinajstić information content (AvgIpc) is 2.10. The fourth-order valence-corrected chi connectivity index (χ4v) is 0.641. The first-order valence-electron chi connectivity index (χ1n) is 2.21. The van der Waals surface area contributed by atoms with E-state index in [1.807, 2.05) is 0 Å². The molecule has 0 bridgehead atoms. The topological polar surface area (TPSA) is 54.5 Å². The predicted molar refractivity (Wildman–Crippen MR) is 30.7 cm³/mol. The molecule has 1 aromatic heterocycles. The number of halogens is 1. The maximum Gasteiger partial charge on any atom is 0.201 e. The summed E-state index contributed by atoms with van der Waals surface area (Å²) in [6.45, 7) is 0. The Labute approximate surface area is 56.7 Å². The summed E-state index contributed by atoms with van der Waals surface area (Å²) in [5, 5.41) is 15.7. The molecule has 9 heavy (non-hydrogen) atoms. The first-order chi connectivity index (χ1) is 4.24. The van der Waals surface area contributed by atoms with E-state index in [0.29, 0.717) is 0 Å². The van der Waals surface area contributed by atoms with Crippen molar-refractivity contribution in [3.63, 3.8) is 0 Å². The molecule has 0 unspecified atom stereocenters. The number of nitriles is 1. The molecule has 1 aromatic rings. The van der Waals surface area contributed by atoms with Gasteiger partial charge in [0, 0.05) is 7.05 Å². The van der Waals surface area contributed by atoms with Gasteiger partial charge in [-0.05, 0) is 0 Å². The summed E-state index contributed by atoms with van der Waals surface area (Å²) in [7, 11) is 1.60. The molecule has 4 nitrogen and oxygen atoms in total. The van der Waals surface area contributed by atoms with Gasteiger partial charge in [-0.1, -0.05) is 11.6 Å². The van der Waals surface area contributed by atoms with Crippen LogP contribution < -0.4 is 0 Å². The van der Waals surface area contributed by atoms with E-state index in [1.165, 1.54) is 4.80 Å². The molecule has 46 valence electrons. The molecule has 0 aliphatic heterocycles. The monoisotopic (exact) mass is 142 g/mol. The van der Waals surface area contributed by atoms with Gasteiger partial charge in [0.15, 0.2) is 5.15 Å². The van der Waals surface area contributed by atoms with Gasteiger partial charge in [-0.3, -0.25) is 0 Å². The molecule has 0 atom stereocenters. The summed E-state index contributed by atoms with van der Waals surface area (Å²) in [6, 6.07) is 1.79. The van der Waals surface area contributed by atoms with E-state index in [0.717, 1.165) is 0 Å². The first-order valence-corrected chi connectivity index (χ1v) is 2.58. The molecule has 0 saturated carbocycles. The van der Waals surface area contributed by atoms with Crippen LogP contribution in [0.2, 0.25) is 5.15 Å². The highest BCUT2D eigenvalue weighted by atomic mass is 35.5. The average molecular weight is 143 g/mol. The Balaban J connectivity index is 3.20. The fourth-order valence-electron chi connectivity index (χ4n) is 0.451. The Hall–Kier alpha value is -1.08. The largest absolute Gasteiger partial charge is 0.201 e. The van der Waals surface area contributed by atoms with Crippen molar-refractivity contribution in [1.29, 1.82) is 5.26 Å². The van der Waals surface area contributed by atoms with Gasteiger partial charge < -0.3 is 0 Å². The maximum absolute atomic E-state index is 8.28. The Morgan fingerprint density at radius 3 is 2.56 bits per heavy atom. The van der Waals surface area contributed by atoms with Crippen LogP contribution >= 0.6 is 11.6 Å². The molecule has 0 spiro atoms. The minimum Gasteiger partial charge on any atom is -0.191 e. The van der Waals surface area contributed by atoms with E-state index in [4.69, 9.17) is 16.9 Å². The molecule has 1 rings (SSSR count). The SMILES string of the molecule is Cn1nc(Cl)c(C#N)n1. The molecule has 0 radical (unpaired) electrons. The van der Waals surface area contributed by atoms with Crippen LogP contribution in [0, 0.1) is 11.3 Å². The molecule has 5 heteroatoms. The second kappa shape index (κ2) is 2.03. The molecule has 0 aliphatic carbocycles. The van der Waals surface area contributed by atoms with Crippen LogP contribution in [-0.2, 0) is 7.05 Å². The van der Waals surface area contributed by atoms with E-state index < -0.39 is 0 Å². The molecule has 0 saturated heterocycles. The second-order valence-corrected chi connectivity index (χ2v) is 1.80. The summed E-state index contributed by atoms with van der Waals surface area (Å²) < 4.78 is 0. The molecule has 0 amide bonds.